The van der Waals surface area contributed by atoms with Crippen molar-refractivity contribution in [3.05, 3.63) is 34.3 Å². The number of rotatable bonds is 2. The fraction of sp³-hybridized carbons (Fsp3) is 0.588. The Hall–Kier alpha value is -0.830. The maximum atomic E-state index is 11.9. The summed E-state index contributed by atoms with van der Waals surface area (Å²) in [5, 5.41) is 9.83. The number of carbonyl (C=O) groups is 1. The Labute approximate surface area is 128 Å². The molecule has 0 unspecified atom stereocenters. The number of hydrogen-bond acceptors (Lipinski definition) is 1. The molecule has 1 spiro atoms. The molecule has 0 radical (unpaired) electrons. The van der Waals surface area contributed by atoms with Crippen LogP contribution in [0, 0.1) is 5.41 Å². The fourth-order valence-corrected chi connectivity index (χ4v) is 5.03. The van der Waals surface area contributed by atoms with E-state index in [9.17, 15) is 9.90 Å². The Morgan fingerprint density at radius 1 is 1.05 bits per heavy atom. The molecular formula is C17H21BrO2. The van der Waals surface area contributed by atoms with Crippen LogP contribution in [0.3, 0.4) is 0 Å². The molecule has 0 aromatic heterocycles. The summed E-state index contributed by atoms with van der Waals surface area (Å²) < 4.78 is 0.936. The van der Waals surface area contributed by atoms with E-state index in [-0.39, 0.29) is 0 Å². The molecule has 2 fully saturated rings. The molecule has 1 aromatic rings. The monoisotopic (exact) mass is 336 g/mol. The Morgan fingerprint density at radius 3 is 2.20 bits per heavy atom. The molecule has 1 N–H and O–H groups in total. The number of carboxylic acids is 1. The van der Waals surface area contributed by atoms with Gasteiger partial charge in [-0.15, -0.1) is 0 Å². The molecule has 20 heavy (non-hydrogen) atoms. The van der Waals surface area contributed by atoms with Crippen LogP contribution in [-0.4, -0.2) is 11.1 Å². The second kappa shape index (κ2) is 5.18. The predicted molar refractivity (Wildman–Crippen MR) is 82.8 cm³/mol. The first-order valence-corrected chi connectivity index (χ1v) is 8.36. The standard InChI is InChI=1S/C17H21BrO2/c18-14-8-4-3-7-13(14)17(15(19)20)11-16(12-17)9-5-1-2-6-10-16/h3-4,7-8H,1-2,5-6,9-12H2,(H,19,20). The molecule has 0 saturated heterocycles. The molecule has 2 saturated carbocycles. The molecule has 3 heteroatoms. The van der Waals surface area contributed by atoms with Crippen molar-refractivity contribution in [2.24, 2.45) is 5.41 Å². The first-order valence-electron chi connectivity index (χ1n) is 7.57. The summed E-state index contributed by atoms with van der Waals surface area (Å²) in [7, 11) is 0. The summed E-state index contributed by atoms with van der Waals surface area (Å²) in [5.41, 5.74) is 0.594. The summed E-state index contributed by atoms with van der Waals surface area (Å²) in [6, 6.07) is 7.83. The van der Waals surface area contributed by atoms with Crippen molar-refractivity contribution in [2.45, 2.75) is 56.8 Å². The highest BCUT2D eigenvalue weighted by Crippen LogP contribution is 2.62. The third kappa shape index (κ3) is 2.20. The molecule has 3 rings (SSSR count). The molecule has 2 aliphatic carbocycles. The third-order valence-electron chi connectivity index (χ3n) is 5.32. The second-order valence-electron chi connectivity index (χ2n) is 6.63. The van der Waals surface area contributed by atoms with Crippen molar-refractivity contribution >= 4 is 21.9 Å². The molecule has 1 aromatic carbocycles. The van der Waals surface area contributed by atoms with Crippen LogP contribution in [0.4, 0.5) is 0 Å². The lowest BCUT2D eigenvalue weighted by Crippen LogP contribution is -2.54. The van der Waals surface area contributed by atoms with E-state index in [1.165, 1.54) is 38.5 Å². The Balaban J connectivity index is 1.90. The highest BCUT2D eigenvalue weighted by Gasteiger charge is 2.59. The van der Waals surface area contributed by atoms with E-state index in [1.807, 2.05) is 24.3 Å². The summed E-state index contributed by atoms with van der Waals surface area (Å²) in [4.78, 5) is 11.9. The van der Waals surface area contributed by atoms with Gasteiger partial charge in [0.2, 0.25) is 0 Å². The van der Waals surface area contributed by atoms with Gasteiger partial charge < -0.3 is 5.11 Å². The van der Waals surface area contributed by atoms with Gasteiger partial charge in [0.25, 0.3) is 0 Å². The van der Waals surface area contributed by atoms with E-state index < -0.39 is 11.4 Å². The van der Waals surface area contributed by atoms with Crippen molar-refractivity contribution in [3.63, 3.8) is 0 Å². The maximum absolute atomic E-state index is 11.9. The number of hydrogen-bond donors (Lipinski definition) is 1. The minimum atomic E-state index is -0.662. The maximum Gasteiger partial charge on any atom is 0.314 e. The highest BCUT2D eigenvalue weighted by atomic mass is 79.9. The van der Waals surface area contributed by atoms with Crippen molar-refractivity contribution in [1.82, 2.24) is 0 Å². The molecule has 2 nitrogen and oxygen atoms in total. The van der Waals surface area contributed by atoms with Crippen LogP contribution in [0.15, 0.2) is 28.7 Å². The zero-order chi connectivity index (χ0) is 14.2. The number of aliphatic carboxylic acids is 1. The molecule has 0 aliphatic heterocycles. The smallest absolute Gasteiger partial charge is 0.314 e. The van der Waals surface area contributed by atoms with E-state index in [2.05, 4.69) is 15.9 Å². The second-order valence-corrected chi connectivity index (χ2v) is 7.49. The van der Waals surface area contributed by atoms with Gasteiger partial charge in [-0.05, 0) is 42.7 Å². The lowest BCUT2D eigenvalue weighted by Gasteiger charge is -2.54. The molecule has 0 bridgehead atoms. The van der Waals surface area contributed by atoms with E-state index in [1.54, 1.807) is 0 Å². The number of carboxylic acid groups (broad SMARTS) is 1. The minimum Gasteiger partial charge on any atom is -0.481 e. The van der Waals surface area contributed by atoms with E-state index >= 15 is 0 Å². The first kappa shape index (κ1) is 14.1. The van der Waals surface area contributed by atoms with Gasteiger partial charge in [-0.1, -0.05) is 59.8 Å². The van der Waals surface area contributed by atoms with E-state index in [0.29, 0.717) is 5.41 Å². The van der Waals surface area contributed by atoms with Crippen LogP contribution in [0.1, 0.15) is 56.9 Å². The average Bonchev–Trinajstić information content (AvgIpc) is 2.62. The van der Waals surface area contributed by atoms with Gasteiger partial charge in [0, 0.05) is 4.47 Å². The predicted octanol–water partition coefficient (Wildman–Crippen LogP) is 4.91. The van der Waals surface area contributed by atoms with Gasteiger partial charge in [0.15, 0.2) is 0 Å². The Kier molecular flexibility index (Phi) is 3.65. The van der Waals surface area contributed by atoms with Crippen molar-refractivity contribution < 1.29 is 9.90 Å². The Morgan fingerprint density at radius 2 is 1.65 bits per heavy atom. The zero-order valence-electron chi connectivity index (χ0n) is 11.7. The fourth-order valence-electron chi connectivity index (χ4n) is 4.37. The van der Waals surface area contributed by atoms with Crippen LogP contribution >= 0.6 is 15.9 Å². The summed E-state index contributed by atoms with van der Waals surface area (Å²) >= 11 is 3.54. The van der Waals surface area contributed by atoms with Gasteiger partial charge in [0.1, 0.15) is 0 Å². The molecule has 0 heterocycles. The summed E-state index contributed by atoms with van der Waals surface area (Å²) in [5.74, 6) is -0.653. The van der Waals surface area contributed by atoms with Crippen molar-refractivity contribution in [1.29, 1.82) is 0 Å². The summed E-state index contributed by atoms with van der Waals surface area (Å²) in [6.07, 6.45) is 9.24. The summed E-state index contributed by atoms with van der Waals surface area (Å²) in [6.45, 7) is 0. The lowest BCUT2D eigenvalue weighted by atomic mass is 9.48. The van der Waals surface area contributed by atoms with Crippen molar-refractivity contribution in [3.8, 4) is 0 Å². The molecule has 2 aliphatic rings. The van der Waals surface area contributed by atoms with Crippen LogP contribution in [0.5, 0.6) is 0 Å². The van der Waals surface area contributed by atoms with Gasteiger partial charge in [-0.3, -0.25) is 4.79 Å². The Bertz CT molecular complexity index is 507. The SMILES string of the molecule is O=C(O)C1(c2ccccc2Br)CC2(CCCCCC2)C1. The van der Waals surface area contributed by atoms with Crippen LogP contribution < -0.4 is 0 Å². The third-order valence-corrected chi connectivity index (χ3v) is 6.01. The molecule has 0 amide bonds. The highest BCUT2D eigenvalue weighted by molar-refractivity contribution is 9.10. The van der Waals surface area contributed by atoms with Gasteiger partial charge in [-0.25, -0.2) is 0 Å². The van der Waals surface area contributed by atoms with Gasteiger partial charge >= 0.3 is 5.97 Å². The molecular weight excluding hydrogens is 316 g/mol. The van der Waals surface area contributed by atoms with Gasteiger partial charge in [-0.2, -0.15) is 0 Å². The largest absolute Gasteiger partial charge is 0.481 e. The number of benzene rings is 1. The molecule has 108 valence electrons. The minimum absolute atomic E-state index is 0.296. The zero-order valence-corrected chi connectivity index (χ0v) is 13.3. The number of halogens is 1. The van der Waals surface area contributed by atoms with E-state index in [0.717, 1.165) is 22.9 Å². The normalized spacial score (nSPS) is 23.9. The van der Waals surface area contributed by atoms with E-state index in [4.69, 9.17) is 0 Å². The van der Waals surface area contributed by atoms with Gasteiger partial charge in [0.05, 0.1) is 5.41 Å². The van der Waals surface area contributed by atoms with Crippen molar-refractivity contribution in [2.75, 3.05) is 0 Å². The average molecular weight is 337 g/mol. The topological polar surface area (TPSA) is 37.3 Å². The van der Waals surface area contributed by atoms with Crippen LogP contribution in [-0.2, 0) is 10.2 Å². The molecule has 0 atom stereocenters. The lowest BCUT2D eigenvalue weighted by molar-refractivity contribution is -0.155. The van der Waals surface area contributed by atoms with Crippen LogP contribution in [0.25, 0.3) is 0 Å². The quantitative estimate of drug-likeness (QED) is 0.833. The van der Waals surface area contributed by atoms with Crippen LogP contribution in [0.2, 0.25) is 0 Å². The first-order chi connectivity index (χ1) is 9.58.